The molecule has 0 bridgehead atoms. The molecule has 0 saturated carbocycles. The molecule has 0 fully saturated rings. The molecule has 17 heavy (non-hydrogen) atoms. The van der Waals surface area contributed by atoms with Crippen molar-refractivity contribution in [1.82, 2.24) is 14.7 Å². The van der Waals surface area contributed by atoms with Crippen molar-refractivity contribution in [2.75, 3.05) is 13.6 Å². The fourth-order valence-electron chi connectivity index (χ4n) is 1.69. The van der Waals surface area contributed by atoms with Crippen LogP contribution in [0.2, 0.25) is 0 Å². The minimum Gasteiger partial charge on any atom is -0.481 e. The Labute approximate surface area is 110 Å². The fraction of sp³-hybridized carbons (Fsp3) is 0.636. The first-order valence-electron chi connectivity index (χ1n) is 5.50. The van der Waals surface area contributed by atoms with Gasteiger partial charge in [-0.2, -0.15) is 5.10 Å². The van der Waals surface area contributed by atoms with E-state index in [0.717, 1.165) is 29.0 Å². The lowest BCUT2D eigenvalue weighted by atomic mass is 10.3. The molecule has 0 aliphatic carbocycles. The highest BCUT2D eigenvalue weighted by Gasteiger charge is 2.12. The first-order chi connectivity index (χ1) is 7.91. The number of halogens is 1. The van der Waals surface area contributed by atoms with Crippen molar-refractivity contribution in [2.24, 2.45) is 7.05 Å². The molecule has 5 nitrogen and oxygen atoms in total. The Hall–Kier alpha value is -0.880. The van der Waals surface area contributed by atoms with Gasteiger partial charge >= 0.3 is 5.97 Å². The van der Waals surface area contributed by atoms with E-state index in [0.29, 0.717) is 6.42 Å². The molecule has 0 radical (unpaired) electrons. The lowest BCUT2D eigenvalue weighted by Crippen LogP contribution is -2.21. The maximum atomic E-state index is 10.4. The molecule has 0 amide bonds. The van der Waals surface area contributed by atoms with Gasteiger partial charge in [-0.25, -0.2) is 0 Å². The summed E-state index contributed by atoms with van der Waals surface area (Å²) in [4.78, 5) is 12.5. The van der Waals surface area contributed by atoms with Crippen molar-refractivity contribution in [3.8, 4) is 0 Å². The highest BCUT2D eigenvalue weighted by atomic mass is 79.9. The molecule has 1 heterocycles. The molecule has 1 aromatic rings. The van der Waals surface area contributed by atoms with Gasteiger partial charge in [0.05, 0.1) is 15.9 Å². The Bertz CT molecular complexity index is 404. The van der Waals surface area contributed by atoms with Crippen molar-refractivity contribution in [3.63, 3.8) is 0 Å². The third-order valence-corrected chi connectivity index (χ3v) is 3.64. The summed E-state index contributed by atoms with van der Waals surface area (Å²) in [5.41, 5.74) is 2.08. The van der Waals surface area contributed by atoms with Crippen LogP contribution in [0.4, 0.5) is 0 Å². The largest absolute Gasteiger partial charge is 0.481 e. The number of carboxylic acid groups (broad SMARTS) is 1. The summed E-state index contributed by atoms with van der Waals surface area (Å²) in [7, 11) is 3.90. The normalized spacial score (nSPS) is 11.1. The van der Waals surface area contributed by atoms with Crippen LogP contribution in [0, 0.1) is 6.92 Å². The molecule has 0 saturated heterocycles. The summed E-state index contributed by atoms with van der Waals surface area (Å²) in [5, 5.41) is 12.9. The van der Waals surface area contributed by atoms with Gasteiger partial charge in [0.25, 0.3) is 0 Å². The zero-order valence-corrected chi connectivity index (χ0v) is 12.0. The Morgan fingerprint density at radius 2 is 2.24 bits per heavy atom. The number of aliphatic carboxylic acids is 1. The second kappa shape index (κ2) is 6.16. The number of aromatic nitrogens is 2. The lowest BCUT2D eigenvalue weighted by molar-refractivity contribution is -0.137. The molecule has 0 atom stereocenters. The minimum absolute atomic E-state index is 0.218. The van der Waals surface area contributed by atoms with Crippen LogP contribution >= 0.6 is 15.9 Å². The first-order valence-corrected chi connectivity index (χ1v) is 6.29. The van der Waals surface area contributed by atoms with Crippen LogP contribution in [-0.2, 0) is 18.4 Å². The van der Waals surface area contributed by atoms with Gasteiger partial charge in [-0.1, -0.05) is 0 Å². The van der Waals surface area contributed by atoms with E-state index in [1.165, 1.54) is 0 Å². The Morgan fingerprint density at radius 1 is 1.59 bits per heavy atom. The summed E-state index contributed by atoms with van der Waals surface area (Å²) in [6.45, 7) is 3.48. The maximum absolute atomic E-state index is 10.4. The number of aryl methyl sites for hydroxylation is 2. The third-order valence-electron chi connectivity index (χ3n) is 2.61. The lowest BCUT2D eigenvalue weighted by Gasteiger charge is -2.16. The smallest absolute Gasteiger partial charge is 0.303 e. The highest BCUT2D eigenvalue weighted by Crippen LogP contribution is 2.21. The van der Waals surface area contributed by atoms with Crippen molar-refractivity contribution in [1.29, 1.82) is 0 Å². The van der Waals surface area contributed by atoms with Gasteiger partial charge < -0.3 is 10.0 Å². The van der Waals surface area contributed by atoms with Gasteiger partial charge in [0.1, 0.15) is 0 Å². The maximum Gasteiger partial charge on any atom is 0.303 e. The minimum atomic E-state index is -0.740. The van der Waals surface area contributed by atoms with E-state index in [1.807, 2.05) is 25.7 Å². The summed E-state index contributed by atoms with van der Waals surface area (Å²) in [5.74, 6) is -0.740. The van der Waals surface area contributed by atoms with Crippen LogP contribution in [0.1, 0.15) is 24.2 Å². The van der Waals surface area contributed by atoms with Crippen molar-refractivity contribution in [2.45, 2.75) is 26.3 Å². The van der Waals surface area contributed by atoms with E-state index in [1.54, 1.807) is 0 Å². The molecule has 0 spiro atoms. The fourth-order valence-corrected chi connectivity index (χ4v) is 2.15. The second-order valence-electron chi connectivity index (χ2n) is 4.20. The van der Waals surface area contributed by atoms with Gasteiger partial charge in [-0.05, 0) is 42.9 Å². The molecule has 0 aliphatic rings. The quantitative estimate of drug-likeness (QED) is 0.870. The Kier molecular flexibility index (Phi) is 5.14. The Balaban J connectivity index is 2.50. The average Bonchev–Trinajstić information content (AvgIpc) is 2.44. The SMILES string of the molecule is Cc1nn(C)c(CN(C)CCCC(=O)O)c1Br. The zero-order valence-electron chi connectivity index (χ0n) is 10.4. The standard InChI is InChI=1S/C11H18BrN3O2/c1-8-11(12)9(15(3)13-8)7-14(2)6-4-5-10(16)17/h4-7H2,1-3H3,(H,16,17). The molecule has 0 aromatic carbocycles. The van der Waals surface area contributed by atoms with Crippen LogP contribution in [-0.4, -0.2) is 39.3 Å². The van der Waals surface area contributed by atoms with Gasteiger partial charge in [-0.15, -0.1) is 0 Å². The van der Waals surface area contributed by atoms with Gasteiger partial charge in [0, 0.05) is 20.0 Å². The number of carbonyl (C=O) groups is 1. The molecule has 6 heteroatoms. The first kappa shape index (κ1) is 14.2. The average molecular weight is 304 g/mol. The van der Waals surface area contributed by atoms with Crippen LogP contribution in [0.3, 0.4) is 0 Å². The van der Waals surface area contributed by atoms with Crippen molar-refractivity contribution < 1.29 is 9.90 Å². The summed E-state index contributed by atoms with van der Waals surface area (Å²) >= 11 is 3.52. The van der Waals surface area contributed by atoms with Crippen LogP contribution < -0.4 is 0 Å². The summed E-state index contributed by atoms with van der Waals surface area (Å²) in [6, 6.07) is 0. The van der Waals surface area contributed by atoms with Crippen LogP contribution in [0.5, 0.6) is 0 Å². The second-order valence-corrected chi connectivity index (χ2v) is 5.00. The molecular formula is C11H18BrN3O2. The number of hydrogen-bond donors (Lipinski definition) is 1. The van der Waals surface area contributed by atoms with Gasteiger partial charge in [0.15, 0.2) is 0 Å². The van der Waals surface area contributed by atoms with Crippen LogP contribution in [0.15, 0.2) is 4.47 Å². The molecule has 1 aromatic heterocycles. The highest BCUT2D eigenvalue weighted by molar-refractivity contribution is 9.10. The topological polar surface area (TPSA) is 58.4 Å². The molecule has 1 N–H and O–H groups in total. The Morgan fingerprint density at radius 3 is 2.71 bits per heavy atom. The van der Waals surface area contributed by atoms with E-state index in [-0.39, 0.29) is 6.42 Å². The predicted octanol–water partition coefficient (Wildman–Crippen LogP) is 1.79. The van der Waals surface area contributed by atoms with Crippen molar-refractivity contribution >= 4 is 21.9 Å². The van der Waals surface area contributed by atoms with Crippen molar-refractivity contribution in [3.05, 3.63) is 15.9 Å². The van der Waals surface area contributed by atoms with E-state index >= 15 is 0 Å². The molecule has 0 unspecified atom stereocenters. The van der Waals surface area contributed by atoms with Gasteiger partial charge in [0.2, 0.25) is 0 Å². The molecular weight excluding hydrogens is 286 g/mol. The van der Waals surface area contributed by atoms with E-state index < -0.39 is 5.97 Å². The van der Waals surface area contributed by atoms with E-state index in [4.69, 9.17) is 5.11 Å². The van der Waals surface area contributed by atoms with Crippen LogP contribution in [0.25, 0.3) is 0 Å². The third kappa shape index (κ3) is 4.12. The number of rotatable bonds is 6. The molecule has 0 aliphatic heterocycles. The molecule has 1 rings (SSSR count). The summed E-state index contributed by atoms with van der Waals surface area (Å²) < 4.78 is 2.89. The van der Waals surface area contributed by atoms with E-state index in [2.05, 4.69) is 25.9 Å². The summed E-state index contributed by atoms with van der Waals surface area (Å²) in [6.07, 6.45) is 0.885. The number of carboxylic acids is 1. The predicted molar refractivity (Wildman–Crippen MR) is 68.8 cm³/mol. The number of hydrogen-bond acceptors (Lipinski definition) is 3. The molecule has 96 valence electrons. The zero-order chi connectivity index (χ0) is 13.0. The monoisotopic (exact) mass is 303 g/mol. The van der Waals surface area contributed by atoms with Gasteiger partial charge in [-0.3, -0.25) is 9.48 Å². The van der Waals surface area contributed by atoms with E-state index in [9.17, 15) is 4.79 Å². The number of nitrogens with zero attached hydrogens (tertiary/aromatic N) is 3.